The lowest BCUT2D eigenvalue weighted by Gasteiger charge is -2.11. The molecule has 4 N–H and O–H groups in total. The molecule has 0 radical (unpaired) electrons. The number of fused-ring (bicyclic) bond motifs is 1. The minimum absolute atomic E-state index is 0.0220. The third-order valence-corrected chi connectivity index (χ3v) is 3.72. The average Bonchev–Trinajstić information content (AvgIpc) is 2.89. The number of nitrogen functional groups attached to an aromatic ring is 2. The van der Waals surface area contributed by atoms with Crippen LogP contribution in [0.4, 0.5) is 24.5 Å². The maximum atomic E-state index is 13.2. The Morgan fingerprint density at radius 2 is 1.78 bits per heavy atom. The minimum Gasteiger partial charge on any atom is -0.436 e. The van der Waals surface area contributed by atoms with Gasteiger partial charge in [-0.1, -0.05) is 0 Å². The topological polar surface area (TPSA) is 78.1 Å². The van der Waals surface area contributed by atoms with Crippen LogP contribution in [-0.4, -0.2) is 4.98 Å². The van der Waals surface area contributed by atoms with Crippen LogP contribution in [-0.2, 0) is 6.18 Å². The molecule has 0 spiro atoms. The predicted octanol–water partition coefficient (Wildman–Crippen LogP) is 4.29. The molecule has 0 amide bonds. The van der Waals surface area contributed by atoms with Crippen molar-refractivity contribution in [2.45, 2.75) is 20.0 Å². The Morgan fingerprint density at radius 3 is 2.43 bits per heavy atom. The monoisotopic (exact) mass is 321 g/mol. The van der Waals surface area contributed by atoms with E-state index < -0.39 is 11.7 Å². The van der Waals surface area contributed by atoms with Gasteiger partial charge in [0.1, 0.15) is 5.52 Å². The molecule has 1 aromatic heterocycles. The molecule has 3 rings (SSSR count). The SMILES string of the molecule is Cc1c(N)cc(C)c2oc(-c3ccc(N)cc3C(F)(F)F)nc12. The van der Waals surface area contributed by atoms with Crippen molar-refractivity contribution in [2.75, 3.05) is 11.5 Å². The van der Waals surface area contributed by atoms with Gasteiger partial charge in [0, 0.05) is 22.5 Å². The number of hydrogen-bond acceptors (Lipinski definition) is 4. The number of nitrogens with two attached hydrogens (primary N) is 2. The Balaban J connectivity index is 2.30. The van der Waals surface area contributed by atoms with Gasteiger partial charge in [-0.15, -0.1) is 0 Å². The number of aromatic nitrogens is 1. The number of nitrogens with zero attached hydrogens (tertiary/aromatic N) is 1. The highest BCUT2D eigenvalue weighted by Crippen LogP contribution is 2.39. The van der Waals surface area contributed by atoms with E-state index in [1.807, 2.05) is 0 Å². The lowest BCUT2D eigenvalue weighted by molar-refractivity contribution is -0.137. The Bertz CT molecular complexity index is 913. The molecule has 7 heteroatoms. The summed E-state index contributed by atoms with van der Waals surface area (Å²) in [5.41, 5.74) is 13.1. The summed E-state index contributed by atoms with van der Waals surface area (Å²) in [5.74, 6) is -0.107. The van der Waals surface area contributed by atoms with Crippen molar-refractivity contribution in [3.63, 3.8) is 0 Å². The Kier molecular flexibility index (Phi) is 3.24. The zero-order valence-corrected chi connectivity index (χ0v) is 12.5. The van der Waals surface area contributed by atoms with E-state index in [1.54, 1.807) is 19.9 Å². The highest BCUT2D eigenvalue weighted by Gasteiger charge is 2.35. The number of benzene rings is 2. The lowest BCUT2D eigenvalue weighted by Crippen LogP contribution is -2.08. The molecule has 0 aliphatic carbocycles. The average molecular weight is 321 g/mol. The molecule has 0 atom stereocenters. The van der Waals surface area contributed by atoms with Gasteiger partial charge in [-0.05, 0) is 43.7 Å². The number of hydrogen-bond donors (Lipinski definition) is 2. The maximum Gasteiger partial charge on any atom is 0.417 e. The van der Waals surface area contributed by atoms with Gasteiger partial charge in [0.05, 0.1) is 5.56 Å². The van der Waals surface area contributed by atoms with E-state index in [9.17, 15) is 13.2 Å². The first-order chi connectivity index (χ1) is 10.7. The van der Waals surface area contributed by atoms with Crippen molar-refractivity contribution >= 4 is 22.5 Å². The second kappa shape index (κ2) is 4.91. The van der Waals surface area contributed by atoms with Crippen LogP contribution in [0.3, 0.4) is 0 Å². The number of aryl methyl sites for hydroxylation is 2. The molecule has 3 aromatic rings. The van der Waals surface area contributed by atoms with E-state index in [0.29, 0.717) is 27.9 Å². The van der Waals surface area contributed by atoms with Gasteiger partial charge in [0.25, 0.3) is 0 Å². The summed E-state index contributed by atoms with van der Waals surface area (Å²) < 4.78 is 45.3. The highest BCUT2D eigenvalue weighted by atomic mass is 19.4. The molecular weight excluding hydrogens is 307 g/mol. The fraction of sp³-hybridized carbons (Fsp3) is 0.188. The summed E-state index contributed by atoms with van der Waals surface area (Å²) in [5, 5.41) is 0. The van der Waals surface area contributed by atoms with Crippen LogP contribution in [0.5, 0.6) is 0 Å². The zero-order valence-electron chi connectivity index (χ0n) is 12.5. The van der Waals surface area contributed by atoms with Gasteiger partial charge < -0.3 is 15.9 Å². The largest absolute Gasteiger partial charge is 0.436 e. The van der Waals surface area contributed by atoms with Gasteiger partial charge in [-0.25, -0.2) is 4.98 Å². The molecule has 0 aliphatic rings. The molecule has 0 bridgehead atoms. The molecule has 1 heterocycles. The summed E-state index contributed by atoms with van der Waals surface area (Å²) in [6.07, 6.45) is -4.56. The van der Waals surface area contributed by atoms with E-state index >= 15 is 0 Å². The lowest BCUT2D eigenvalue weighted by atomic mass is 10.1. The van der Waals surface area contributed by atoms with Crippen LogP contribution in [0.15, 0.2) is 28.7 Å². The molecule has 0 saturated heterocycles. The van der Waals surface area contributed by atoms with E-state index in [1.165, 1.54) is 12.1 Å². The van der Waals surface area contributed by atoms with Crippen molar-refractivity contribution in [1.29, 1.82) is 0 Å². The molecule has 2 aromatic carbocycles. The first-order valence-corrected chi connectivity index (χ1v) is 6.82. The van der Waals surface area contributed by atoms with Crippen molar-refractivity contribution in [2.24, 2.45) is 0 Å². The third-order valence-electron chi connectivity index (χ3n) is 3.72. The van der Waals surface area contributed by atoms with Gasteiger partial charge in [0.2, 0.25) is 5.89 Å². The molecule has 0 fully saturated rings. The number of anilines is 2. The number of halogens is 3. The zero-order chi connectivity index (χ0) is 16.9. The van der Waals surface area contributed by atoms with Crippen LogP contribution < -0.4 is 11.5 Å². The second-order valence-corrected chi connectivity index (χ2v) is 5.41. The van der Waals surface area contributed by atoms with Crippen molar-refractivity contribution in [3.8, 4) is 11.5 Å². The van der Waals surface area contributed by atoms with Crippen LogP contribution in [0.2, 0.25) is 0 Å². The summed E-state index contributed by atoms with van der Waals surface area (Å²) in [6, 6.07) is 5.23. The summed E-state index contributed by atoms with van der Waals surface area (Å²) in [4.78, 5) is 4.22. The molecule has 4 nitrogen and oxygen atoms in total. The van der Waals surface area contributed by atoms with E-state index in [4.69, 9.17) is 15.9 Å². The normalized spacial score (nSPS) is 12.0. The van der Waals surface area contributed by atoms with Crippen LogP contribution in [0, 0.1) is 13.8 Å². The quantitative estimate of drug-likeness (QED) is 0.655. The van der Waals surface area contributed by atoms with Gasteiger partial charge in [-0.2, -0.15) is 13.2 Å². The Labute approximate surface area is 129 Å². The van der Waals surface area contributed by atoms with E-state index in [0.717, 1.165) is 6.07 Å². The number of rotatable bonds is 1. The van der Waals surface area contributed by atoms with E-state index in [-0.39, 0.29) is 17.1 Å². The molecule has 0 unspecified atom stereocenters. The highest BCUT2D eigenvalue weighted by molar-refractivity contribution is 5.87. The smallest absolute Gasteiger partial charge is 0.417 e. The summed E-state index contributed by atoms with van der Waals surface area (Å²) in [6.45, 7) is 3.51. The van der Waals surface area contributed by atoms with Crippen LogP contribution >= 0.6 is 0 Å². The standard InChI is InChI=1S/C16H14F3N3O/c1-7-5-12(21)8(2)13-14(7)23-15(22-13)10-4-3-9(20)6-11(10)16(17,18)19/h3-6H,20-21H2,1-2H3. The van der Waals surface area contributed by atoms with Crippen molar-refractivity contribution in [1.82, 2.24) is 4.98 Å². The summed E-state index contributed by atoms with van der Waals surface area (Å²) in [7, 11) is 0. The Morgan fingerprint density at radius 1 is 1.09 bits per heavy atom. The Hall–Kier alpha value is -2.70. The molecule has 23 heavy (non-hydrogen) atoms. The predicted molar refractivity (Wildman–Crippen MR) is 82.7 cm³/mol. The third kappa shape index (κ3) is 2.48. The van der Waals surface area contributed by atoms with Crippen LogP contribution in [0.25, 0.3) is 22.6 Å². The maximum absolute atomic E-state index is 13.2. The molecule has 120 valence electrons. The van der Waals surface area contributed by atoms with Gasteiger partial charge >= 0.3 is 6.18 Å². The first kappa shape index (κ1) is 15.2. The van der Waals surface area contributed by atoms with Crippen molar-refractivity contribution in [3.05, 3.63) is 41.0 Å². The fourth-order valence-corrected chi connectivity index (χ4v) is 2.48. The fourth-order valence-electron chi connectivity index (χ4n) is 2.48. The van der Waals surface area contributed by atoms with Gasteiger partial charge in [0.15, 0.2) is 5.58 Å². The second-order valence-electron chi connectivity index (χ2n) is 5.41. The molecule has 0 saturated carbocycles. The number of oxazole rings is 1. The molecular formula is C16H14F3N3O. The number of alkyl halides is 3. The van der Waals surface area contributed by atoms with Gasteiger partial charge in [-0.3, -0.25) is 0 Å². The first-order valence-electron chi connectivity index (χ1n) is 6.82. The summed E-state index contributed by atoms with van der Waals surface area (Å²) >= 11 is 0. The molecule has 0 aliphatic heterocycles. The van der Waals surface area contributed by atoms with E-state index in [2.05, 4.69) is 4.98 Å². The van der Waals surface area contributed by atoms with Crippen LogP contribution in [0.1, 0.15) is 16.7 Å². The minimum atomic E-state index is -4.56. The van der Waals surface area contributed by atoms with Crippen molar-refractivity contribution < 1.29 is 17.6 Å².